The Morgan fingerprint density at radius 3 is 2.12 bits per heavy atom. The number of non-ortho nitro benzene ring substituents is 1. The first kappa shape index (κ1) is 18.1. The molecule has 2 rings (SSSR count). The van der Waals surface area contributed by atoms with Gasteiger partial charge in [0.05, 0.1) is 18.8 Å². The zero-order valence-electron chi connectivity index (χ0n) is 12.0. The molecule has 0 N–H and O–H groups in total. The van der Waals surface area contributed by atoms with Crippen LogP contribution in [0.4, 0.5) is 5.69 Å². The number of halogens is 2. The summed E-state index contributed by atoms with van der Waals surface area (Å²) in [6, 6.07) is 9.44. The number of ether oxygens (including phenoxy) is 1. The topological polar surface area (TPSA) is 95.5 Å². The minimum absolute atomic E-state index is 0.0167. The summed E-state index contributed by atoms with van der Waals surface area (Å²) in [5, 5.41) is 21.0. The molecule has 0 bridgehead atoms. The molecule has 24 heavy (non-hydrogen) atoms. The molecule has 0 fully saturated rings. The molecule has 0 saturated heterocycles. The monoisotopic (exact) mass is 456 g/mol. The lowest BCUT2D eigenvalue weighted by atomic mass is 10.2. The zero-order valence-corrected chi connectivity index (χ0v) is 15.2. The first-order valence-corrected chi connectivity index (χ1v) is 8.12. The lowest BCUT2D eigenvalue weighted by Gasteiger charge is -2.11. The van der Waals surface area contributed by atoms with Crippen molar-refractivity contribution in [3.63, 3.8) is 0 Å². The molecule has 0 saturated carbocycles. The van der Waals surface area contributed by atoms with Crippen LogP contribution in [0, 0.1) is 20.2 Å². The maximum atomic E-state index is 10.6. The maximum Gasteiger partial charge on any atom is 0.269 e. The van der Waals surface area contributed by atoms with E-state index in [0.717, 1.165) is 11.8 Å². The van der Waals surface area contributed by atoms with Gasteiger partial charge in [-0.25, -0.2) is 0 Å². The first-order chi connectivity index (χ1) is 11.4. The van der Waals surface area contributed by atoms with Crippen molar-refractivity contribution in [2.75, 3.05) is 0 Å². The number of nitro groups is 2. The average Bonchev–Trinajstić information content (AvgIpc) is 2.52. The predicted octanol–water partition coefficient (Wildman–Crippen LogP) is 4.95. The molecule has 0 aliphatic rings. The van der Waals surface area contributed by atoms with Crippen LogP contribution >= 0.6 is 31.9 Å². The van der Waals surface area contributed by atoms with Crippen LogP contribution in [-0.4, -0.2) is 9.85 Å². The van der Waals surface area contributed by atoms with Crippen LogP contribution in [0.2, 0.25) is 0 Å². The van der Waals surface area contributed by atoms with Crippen molar-refractivity contribution in [2.45, 2.75) is 6.61 Å². The van der Waals surface area contributed by atoms with E-state index < -0.39 is 9.85 Å². The number of benzene rings is 2. The number of nitrogens with zero attached hydrogens (tertiary/aromatic N) is 2. The van der Waals surface area contributed by atoms with Crippen molar-refractivity contribution in [3.8, 4) is 5.75 Å². The zero-order chi connectivity index (χ0) is 17.7. The van der Waals surface area contributed by atoms with Crippen LogP contribution < -0.4 is 4.74 Å². The lowest BCUT2D eigenvalue weighted by Crippen LogP contribution is -1.98. The summed E-state index contributed by atoms with van der Waals surface area (Å²) in [6.45, 7) is 0.222. The smallest absolute Gasteiger partial charge is 0.269 e. The number of hydrogen-bond donors (Lipinski definition) is 0. The van der Waals surface area contributed by atoms with Crippen molar-refractivity contribution >= 4 is 43.6 Å². The van der Waals surface area contributed by atoms with Gasteiger partial charge in [-0.3, -0.25) is 20.2 Å². The Morgan fingerprint density at radius 1 is 1.04 bits per heavy atom. The van der Waals surface area contributed by atoms with Crippen LogP contribution in [0.25, 0.3) is 6.08 Å². The lowest BCUT2D eigenvalue weighted by molar-refractivity contribution is -0.400. The Hall–Kier alpha value is -2.26. The van der Waals surface area contributed by atoms with Crippen molar-refractivity contribution in [3.05, 3.63) is 82.9 Å². The molecular formula is C15H10Br2N2O5. The molecule has 0 atom stereocenters. The van der Waals surface area contributed by atoms with Gasteiger partial charge in [-0.2, -0.15) is 0 Å². The first-order valence-electron chi connectivity index (χ1n) is 6.53. The molecule has 0 heterocycles. The minimum Gasteiger partial charge on any atom is -0.487 e. The normalized spacial score (nSPS) is 10.8. The van der Waals surface area contributed by atoms with Gasteiger partial charge in [0, 0.05) is 18.2 Å². The van der Waals surface area contributed by atoms with Gasteiger partial charge in [0.15, 0.2) is 0 Å². The molecule has 124 valence electrons. The fraction of sp³-hybridized carbons (Fsp3) is 0.0667. The molecule has 0 amide bonds. The van der Waals surface area contributed by atoms with Crippen LogP contribution in [0.15, 0.2) is 51.5 Å². The second kappa shape index (κ2) is 8.02. The van der Waals surface area contributed by atoms with Gasteiger partial charge in [-0.15, -0.1) is 0 Å². The number of nitro benzene ring substituents is 1. The largest absolute Gasteiger partial charge is 0.487 e. The third-order valence-corrected chi connectivity index (χ3v) is 4.12. The summed E-state index contributed by atoms with van der Waals surface area (Å²) >= 11 is 6.72. The molecule has 2 aromatic carbocycles. The van der Waals surface area contributed by atoms with Crippen LogP contribution in [-0.2, 0) is 6.61 Å². The quantitative estimate of drug-likeness (QED) is 0.451. The van der Waals surface area contributed by atoms with Gasteiger partial charge in [-0.1, -0.05) is 0 Å². The molecule has 0 unspecified atom stereocenters. The van der Waals surface area contributed by atoms with E-state index in [2.05, 4.69) is 31.9 Å². The van der Waals surface area contributed by atoms with Gasteiger partial charge in [-0.05, 0) is 67.3 Å². The molecule has 9 heteroatoms. The molecule has 0 spiro atoms. The van der Waals surface area contributed by atoms with E-state index in [4.69, 9.17) is 4.74 Å². The van der Waals surface area contributed by atoms with Crippen LogP contribution in [0.3, 0.4) is 0 Å². The van der Waals surface area contributed by atoms with E-state index in [1.54, 1.807) is 24.3 Å². The SMILES string of the molecule is O=[N+]([O-])/C=C\c1cc(Br)c(OCc2ccc([N+](=O)[O-])cc2)c(Br)c1. The standard InChI is InChI=1S/C15H10Br2N2O5/c16-13-7-11(5-6-18(20)21)8-14(17)15(13)24-9-10-1-3-12(4-2-10)19(22)23/h1-8H,9H2/b6-5-. The summed E-state index contributed by atoms with van der Waals surface area (Å²) in [4.78, 5) is 20.0. The van der Waals surface area contributed by atoms with E-state index in [9.17, 15) is 20.2 Å². The highest BCUT2D eigenvalue weighted by atomic mass is 79.9. The third kappa shape index (κ3) is 4.87. The summed E-state index contributed by atoms with van der Waals surface area (Å²) in [6.07, 6.45) is 2.22. The molecule has 2 aromatic rings. The Morgan fingerprint density at radius 2 is 1.62 bits per heavy atom. The van der Waals surface area contributed by atoms with E-state index in [0.29, 0.717) is 20.3 Å². The summed E-state index contributed by atoms with van der Waals surface area (Å²) < 4.78 is 6.97. The molecule has 0 aliphatic heterocycles. The van der Waals surface area contributed by atoms with Gasteiger partial charge in [0.2, 0.25) is 6.20 Å². The highest BCUT2D eigenvalue weighted by molar-refractivity contribution is 9.11. The summed E-state index contributed by atoms with van der Waals surface area (Å²) in [5.74, 6) is 0.534. The van der Waals surface area contributed by atoms with Gasteiger partial charge < -0.3 is 4.74 Å². The van der Waals surface area contributed by atoms with E-state index >= 15 is 0 Å². The van der Waals surface area contributed by atoms with Crippen LogP contribution in [0.5, 0.6) is 5.75 Å². The average molecular weight is 458 g/mol. The molecule has 0 aliphatic carbocycles. The maximum absolute atomic E-state index is 10.6. The molecule has 7 nitrogen and oxygen atoms in total. The minimum atomic E-state index is -0.541. The highest BCUT2D eigenvalue weighted by Crippen LogP contribution is 2.35. The number of hydrogen-bond acceptors (Lipinski definition) is 5. The Balaban J connectivity index is 2.12. The van der Waals surface area contributed by atoms with Gasteiger partial charge in [0.25, 0.3) is 5.69 Å². The Labute approximate surface area is 153 Å². The van der Waals surface area contributed by atoms with Gasteiger partial charge in [0.1, 0.15) is 12.4 Å². The second-order valence-corrected chi connectivity index (χ2v) is 6.34. The molecule has 0 aromatic heterocycles. The molecule has 0 radical (unpaired) electrons. The van der Waals surface area contributed by atoms with E-state index in [1.807, 2.05) is 0 Å². The fourth-order valence-corrected chi connectivity index (χ4v) is 3.28. The fourth-order valence-electron chi connectivity index (χ4n) is 1.83. The predicted molar refractivity (Wildman–Crippen MR) is 95.3 cm³/mol. The van der Waals surface area contributed by atoms with Crippen molar-refractivity contribution in [1.29, 1.82) is 0 Å². The van der Waals surface area contributed by atoms with Crippen molar-refractivity contribution in [1.82, 2.24) is 0 Å². The highest BCUT2D eigenvalue weighted by Gasteiger charge is 2.10. The third-order valence-electron chi connectivity index (χ3n) is 2.94. The van der Waals surface area contributed by atoms with Gasteiger partial charge >= 0.3 is 0 Å². The van der Waals surface area contributed by atoms with Crippen molar-refractivity contribution in [2.24, 2.45) is 0 Å². The van der Waals surface area contributed by atoms with E-state index in [-0.39, 0.29) is 12.3 Å². The summed E-state index contributed by atoms with van der Waals surface area (Å²) in [5.41, 5.74) is 1.42. The number of rotatable bonds is 6. The Kier molecular flexibility index (Phi) is 6.04. The Bertz CT molecular complexity index is 783. The van der Waals surface area contributed by atoms with Crippen LogP contribution in [0.1, 0.15) is 11.1 Å². The summed E-state index contributed by atoms with van der Waals surface area (Å²) in [7, 11) is 0. The second-order valence-electron chi connectivity index (χ2n) is 4.63. The van der Waals surface area contributed by atoms with Crippen molar-refractivity contribution < 1.29 is 14.6 Å². The van der Waals surface area contributed by atoms with E-state index in [1.165, 1.54) is 18.2 Å². The molecular weight excluding hydrogens is 448 g/mol.